The van der Waals surface area contributed by atoms with Gasteiger partial charge in [0.2, 0.25) is 0 Å². The first-order chi connectivity index (χ1) is 14.9. The molecule has 1 aromatic carbocycles. The van der Waals surface area contributed by atoms with Gasteiger partial charge < -0.3 is 19.3 Å². The molecule has 31 heavy (non-hydrogen) atoms. The maximum atomic E-state index is 12.0. The summed E-state index contributed by atoms with van der Waals surface area (Å²) >= 11 is 0. The number of carbonyl (C=O) groups excluding carboxylic acids is 2. The molecule has 0 saturated heterocycles. The summed E-state index contributed by atoms with van der Waals surface area (Å²) in [5, 5.41) is 14.8. The van der Waals surface area contributed by atoms with Crippen molar-refractivity contribution in [2.24, 2.45) is 5.10 Å². The van der Waals surface area contributed by atoms with Crippen molar-refractivity contribution in [1.82, 2.24) is 15.0 Å². The molecule has 0 fully saturated rings. The molecule has 0 bridgehead atoms. The smallest absolute Gasteiger partial charge is 0.343 e. The average Bonchev–Trinajstić information content (AvgIpc) is 3.36. The van der Waals surface area contributed by atoms with Gasteiger partial charge >= 0.3 is 11.8 Å². The van der Waals surface area contributed by atoms with Crippen LogP contribution >= 0.6 is 0 Å². The van der Waals surface area contributed by atoms with Gasteiger partial charge in [0.15, 0.2) is 12.4 Å². The Labute approximate surface area is 176 Å². The largest absolute Gasteiger partial charge is 0.462 e. The maximum absolute atomic E-state index is 12.0. The van der Waals surface area contributed by atoms with E-state index in [0.29, 0.717) is 29.5 Å². The molecule has 2 heterocycles. The van der Waals surface area contributed by atoms with Crippen molar-refractivity contribution in [3.8, 4) is 11.3 Å². The molecular formula is C20H19N5O6. The van der Waals surface area contributed by atoms with E-state index in [1.54, 1.807) is 50.2 Å². The molecule has 11 nitrogen and oxygen atoms in total. The van der Waals surface area contributed by atoms with Crippen LogP contribution in [0.4, 0.5) is 5.82 Å². The Morgan fingerprint density at radius 2 is 2.03 bits per heavy atom. The lowest BCUT2D eigenvalue weighted by atomic mass is 10.1. The number of carbonyl (C=O) groups is 2. The molecule has 3 rings (SSSR count). The van der Waals surface area contributed by atoms with Crippen molar-refractivity contribution in [3.05, 3.63) is 69.9 Å². The number of benzene rings is 1. The number of rotatable bonds is 8. The summed E-state index contributed by atoms with van der Waals surface area (Å²) in [5.41, 5.74) is 3.48. The van der Waals surface area contributed by atoms with Gasteiger partial charge in [0.25, 0.3) is 5.91 Å². The zero-order chi connectivity index (χ0) is 22.4. The zero-order valence-corrected chi connectivity index (χ0v) is 16.8. The standard InChI is InChI=1S/C20H19N5O6/c1-3-30-20(27)15-6-4-14(5-7-15)17-9-8-16(31-17)10-22-23-18(26)12-24-13(2)21-11-19(24)25(28)29/h4-11H,3,12H2,1-2H3,(H,23,26). The van der Waals surface area contributed by atoms with Crippen LogP contribution < -0.4 is 5.43 Å². The number of imidazole rings is 1. The molecule has 160 valence electrons. The Kier molecular flexibility index (Phi) is 6.55. The lowest BCUT2D eigenvalue weighted by Crippen LogP contribution is -2.24. The molecule has 0 aliphatic rings. The third-order valence-corrected chi connectivity index (χ3v) is 4.21. The summed E-state index contributed by atoms with van der Waals surface area (Å²) in [6.07, 6.45) is 2.40. The summed E-state index contributed by atoms with van der Waals surface area (Å²) < 4.78 is 11.8. The number of hydrogen-bond acceptors (Lipinski definition) is 8. The molecule has 0 spiro atoms. The highest BCUT2D eigenvalue weighted by Crippen LogP contribution is 2.22. The van der Waals surface area contributed by atoms with Gasteiger partial charge in [0.05, 0.1) is 18.4 Å². The number of esters is 1. The third kappa shape index (κ3) is 5.21. The van der Waals surface area contributed by atoms with Gasteiger partial charge in [0.1, 0.15) is 17.7 Å². The number of ether oxygens (including phenoxy) is 1. The van der Waals surface area contributed by atoms with Crippen molar-refractivity contribution in [2.75, 3.05) is 6.61 Å². The minimum absolute atomic E-state index is 0.277. The number of aromatic nitrogens is 2. The third-order valence-electron chi connectivity index (χ3n) is 4.21. The van der Waals surface area contributed by atoms with E-state index < -0.39 is 16.8 Å². The molecule has 1 N–H and O–H groups in total. The monoisotopic (exact) mass is 425 g/mol. The first-order valence-electron chi connectivity index (χ1n) is 9.25. The molecule has 2 aromatic heterocycles. The number of hydrazone groups is 1. The lowest BCUT2D eigenvalue weighted by molar-refractivity contribution is -0.392. The normalized spacial score (nSPS) is 10.9. The number of amides is 1. The number of aryl methyl sites for hydroxylation is 1. The predicted octanol–water partition coefficient (Wildman–Crippen LogP) is 2.69. The van der Waals surface area contributed by atoms with E-state index in [2.05, 4.69) is 15.5 Å². The Morgan fingerprint density at radius 1 is 1.29 bits per heavy atom. The molecule has 0 atom stereocenters. The van der Waals surface area contributed by atoms with E-state index in [-0.39, 0.29) is 12.4 Å². The SMILES string of the molecule is CCOC(=O)c1ccc(-c2ccc(C=NNC(=O)Cn3c([N+](=O)[O-])cnc3C)o2)cc1. The van der Waals surface area contributed by atoms with E-state index >= 15 is 0 Å². The van der Waals surface area contributed by atoms with E-state index in [1.165, 1.54) is 10.8 Å². The summed E-state index contributed by atoms with van der Waals surface area (Å²) in [5.74, 6) is 0.0502. The Morgan fingerprint density at radius 3 is 2.71 bits per heavy atom. The van der Waals surface area contributed by atoms with Crippen LogP contribution in [0.5, 0.6) is 0 Å². The number of nitro groups is 1. The van der Waals surface area contributed by atoms with Gasteiger partial charge in [-0.25, -0.2) is 19.8 Å². The minimum Gasteiger partial charge on any atom is -0.462 e. The van der Waals surface area contributed by atoms with Gasteiger partial charge in [-0.3, -0.25) is 4.79 Å². The highest BCUT2D eigenvalue weighted by molar-refractivity contribution is 5.90. The van der Waals surface area contributed by atoms with Crippen molar-refractivity contribution in [2.45, 2.75) is 20.4 Å². The quantitative estimate of drug-likeness (QED) is 0.253. The molecule has 0 aliphatic carbocycles. The second-order valence-corrected chi connectivity index (χ2v) is 6.30. The summed E-state index contributed by atoms with van der Waals surface area (Å²) in [6.45, 7) is 3.31. The Balaban J connectivity index is 1.60. The topological polar surface area (TPSA) is 142 Å². The van der Waals surface area contributed by atoms with Crippen LogP contribution in [0.1, 0.15) is 28.9 Å². The van der Waals surface area contributed by atoms with Crippen LogP contribution in [0.3, 0.4) is 0 Å². The molecule has 1 amide bonds. The number of nitrogens with zero attached hydrogens (tertiary/aromatic N) is 4. The van der Waals surface area contributed by atoms with E-state index in [9.17, 15) is 19.7 Å². The van der Waals surface area contributed by atoms with Crippen LogP contribution in [0.25, 0.3) is 11.3 Å². The fourth-order valence-electron chi connectivity index (χ4n) is 2.71. The fraction of sp³-hybridized carbons (Fsp3) is 0.200. The molecule has 0 aliphatic heterocycles. The molecule has 3 aromatic rings. The number of hydrogen-bond donors (Lipinski definition) is 1. The van der Waals surface area contributed by atoms with Crippen LogP contribution in [-0.4, -0.2) is 39.2 Å². The van der Waals surface area contributed by atoms with Crippen LogP contribution in [0, 0.1) is 17.0 Å². The number of nitrogens with one attached hydrogen (secondary N) is 1. The highest BCUT2D eigenvalue weighted by atomic mass is 16.6. The predicted molar refractivity (Wildman–Crippen MR) is 109 cm³/mol. The van der Waals surface area contributed by atoms with Crippen molar-refractivity contribution >= 4 is 23.9 Å². The second-order valence-electron chi connectivity index (χ2n) is 6.30. The average molecular weight is 425 g/mol. The first kappa shape index (κ1) is 21.4. The Hall–Kier alpha value is -4.28. The first-order valence-corrected chi connectivity index (χ1v) is 9.25. The van der Waals surface area contributed by atoms with Crippen molar-refractivity contribution < 1.29 is 23.7 Å². The number of furan rings is 1. The zero-order valence-electron chi connectivity index (χ0n) is 16.8. The van der Waals surface area contributed by atoms with Crippen LogP contribution in [0.15, 0.2) is 52.1 Å². The molecule has 0 radical (unpaired) electrons. The van der Waals surface area contributed by atoms with E-state index in [0.717, 1.165) is 11.8 Å². The fourth-order valence-corrected chi connectivity index (χ4v) is 2.71. The van der Waals surface area contributed by atoms with Gasteiger partial charge in [-0.15, -0.1) is 0 Å². The van der Waals surface area contributed by atoms with Gasteiger partial charge in [-0.2, -0.15) is 5.10 Å². The summed E-state index contributed by atoms with van der Waals surface area (Å²) in [7, 11) is 0. The van der Waals surface area contributed by atoms with Crippen molar-refractivity contribution in [3.63, 3.8) is 0 Å². The van der Waals surface area contributed by atoms with E-state index in [1.807, 2.05) is 0 Å². The molecule has 11 heteroatoms. The van der Waals surface area contributed by atoms with Gasteiger partial charge in [-0.05, 0) is 36.1 Å². The van der Waals surface area contributed by atoms with E-state index in [4.69, 9.17) is 9.15 Å². The van der Waals surface area contributed by atoms with Gasteiger partial charge in [-0.1, -0.05) is 12.1 Å². The van der Waals surface area contributed by atoms with Crippen molar-refractivity contribution in [1.29, 1.82) is 0 Å². The molecular weight excluding hydrogens is 406 g/mol. The van der Waals surface area contributed by atoms with Crippen LogP contribution in [-0.2, 0) is 16.1 Å². The van der Waals surface area contributed by atoms with Gasteiger partial charge in [0, 0.05) is 12.5 Å². The molecule has 0 saturated carbocycles. The summed E-state index contributed by atoms with van der Waals surface area (Å²) in [6, 6.07) is 10.1. The highest BCUT2D eigenvalue weighted by Gasteiger charge is 2.19. The molecule has 0 unspecified atom stereocenters. The second kappa shape index (κ2) is 9.48. The Bertz CT molecular complexity index is 1130. The maximum Gasteiger partial charge on any atom is 0.343 e. The minimum atomic E-state index is -0.611. The summed E-state index contributed by atoms with van der Waals surface area (Å²) in [4.78, 5) is 37.9. The lowest BCUT2D eigenvalue weighted by Gasteiger charge is -2.02. The van der Waals surface area contributed by atoms with Crippen LogP contribution in [0.2, 0.25) is 0 Å².